The molecule has 2 aliphatic carbocycles. The third-order valence-electron chi connectivity index (χ3n) is 8.61. The molecule has 7 rings (SSSR count). The van der Waals surface area contributed by atoms with Crippen molar-refractivity contribution in [3.63, 3.8) is 0 Å². The summed E-state index contributed by atoms with van der Waals surface area (Å²) in [7, 11) is 0. The Morgan fingerprint density at radius 2 is 1.95 bits per heavy atom. The highest BCUT2D eigenvalue weighted by Gasteiger charge is 2.56. The van der Waals surface area contributed by atoms with Gasteiger partial charge in [0.1, 0.15) is 11.3 Å². The zero-order valence-electron chi connectivity index (χ0n) is 21.1. The zero-order chi connectivity index (χ0) is 25.1. The van der Waals surface area contributed by atoms with Crippen molar-refractivity contribution in [3.8, 4) is 5.82 Å². The van der Waals surface area contributed by atoms with Gasteiger partial charge in [-0.1, -0.05) is 17.3 Å². The number of rotatable bonds is 4. The average molecular weight is 499 g/mol. The van der Waals surface area contributed by atoms with E-state index < -0.39 is 0 Å². The Morgan fingerprint density at radius 1 is 1.08 bits per heavy atom. The van der Waals surface area contributed by atoms with Gasteiger partial charge in [0.2, 0.25) is 11.9 Å². The number of carbonyl (C=O) groups is 1. The number of aryl methyl sites for hydroxylation is 2. The number of nitrogens with zero attached hydrogens (tertiary/aromatic N) is 9. The van der Waals surface area contributed by atoms with Gasteiger partial charge in [-0.2, -0.15) is 9.67 Å². The van der Waals surface area contributed by atoms with Crippen molar-refractivity contribution in [1.29, 1.82) is 0 Å². The maximum atomic E-state index is 13.3. The lowest BCUT2D eigenvalue weighted by molar-refractivity contribution is -0.138. The minimum atomic E-state index is 0.103. The van der Waals surface area contributed by atoms with Crippen LogP contribution in [0.3, 0.4) is 0 Å². The Balaban J connectivity index is 0.986. The minimum Gasteiger partial charge on any atom is -0.351 e. The topological polar surface area (TPSA) is 120 Å². The van der Waals surface area contributed by atoms with E-state index in [1.54, 1.807) is 10.9 Å². The summed E-state index contributed by atoms with van der Waals surface area (Å²) in [6.45, 7) is 6.09. The van der Waals surface area contributed by atoms with E-state index in [9.17, 15) is 4.79 Å². The number of anilines is 1. The second-order valence-corrected chi connectivity index (χ2v) is 10.8. The number of hydrogen-bond acceptors (Lipinski definition) is 8. The molecule has 1 aliphatic heterocycles. The van der Waals surface area contributed by atoms with Gasteiger partial charge in [0, 0.05) is 37.3 Å². The average Bonchev–Trinajstić information content (AvgIpc) is 3.23. The van der Waals surface area contributed by atoms with Gasteiger partial charge in [0.05, 0.1) is 12.1 Å². The number of hydrogen-bond donors (Lipinski definition) is 1. The van der Waals surface area contributed by atoms with E-state index in [4.69, 9.17) is 4.98 Å². The molecule has 4 aromatic rings. The molecule has 2 fully saturated rings. The fourth-order valence-corrected chi connectivity index (χ4v) is 6.24. The van der Waals surface area contributed by atoms with Gasteiger partial charge in [-0.3, -0.25) is 4.79 Å². The second kappa shape index (κ2) is 8.32. The Hall–Kier alpha value is -3.89. The second-order valence-electron chi connectivity index (χ2n) is 10.8. The maximum absolute atomic E-state index is 13.3. The highest BCUT2D eigenvalue weighted by atomic mass is 16.2. The maximum Gasteiger partial charge on any atom is 0.226 e. The minimum absolute atomic E-state index is 0.103. The molecule has 4 heterocycles. The Labute approximate surface area is 214 Å². The molecule has 0 radical (unpaired) electrons. The normalized spacial score (nSPS) is 24.9. The molecule has 1 aromatic carbocycles. The van der Waals surface area contributed by atoms with E-state index in [-0.39, 0.29) is 17.2 Å². The standard InChI is InChI=1S/C26H30N10O/c1-16-4-3-5-19-23(16)32-33-36(19)21-8-11-27-25(29-21)28-20-14-26(20)9-6-18(7-10-26)24(37)34-12-13-35-17(2)30-31-22(35)15-34/h3-5,8,11,18,20H,6-7,9-10,12-15H2,1-2H3,(H,27,28,29). The van der Waals surface area contributed by atoms with Crippen LogP contribution in [0.4, 0.5) is 5.95 Å². The lowest BCUT2D eigenvalue weighted by atomic mass is 9.78. The number of benzene rings is 1. The summed E-state index contributed by atoms with van der Waals surface area (Å²) in [5.41, 5.74) is 3.14. The van der Waals surface area contributed by atoms with Crippen molar-refractivity contribution >= 4 is 22.9 Å². The first-order chi connectivity index (χ1) is 18.0. The highest BCUT2D eigenvalue weighted by molar-refractivity contribution is 5.79. The molecule has 11 heteroatoms. The van der Waals surface area contributed by atoms with Crippen LogP contribution in [0.2, 0.25) is 0 Å². The van der Waals surface area contributed by atoms with Gasteiger partial charge in [-0.15, -0.1) is 15.3 Å². The quantitative estimate of drug-likeness (QED) is 0.456. The van der Waals surface area contributed by atoms with Crippen LogP contribution in [-0.4, -0.2) is 63.1 Å². The molecule has 3 aliphatic rings. The molecule has 3 aromatic heterocycles. The molecule has 11 nitrogen and oxygen atoms in total. The summed E-state index contributed by atoms with van der Waals surface area (Å²) in [5, 5.41) is 20.6. The third-order valence-corrected chi connectivity index (χ3v) is 8.61. The molecule has 37 heavy (non-hydrogen) atoms. The number of carbonyl (C=O) groups excluding carboxylic acids is 1. The van der Waals surface area contributed by atoms with E-state index in [0.717, 1.165) is 73.4 Å². The van der Waals surface area contributed by atoms with Crippen molar-refractivity contribution in [3.05, 3.63) is 47.7 Å². The molecule has 0 bridgehead atoms. The van der Waals surface area contributed by atoms with Gasteiger partial charge in [-0.05, 0) is 63.0 Å². The van der Waals surface area contributed by atoms with Crippen LogP contribution in [0.5, 0.6) is 0 Å². The molecule has 2 saturated carbocycles. The zero-order valence-corrected chi connectivity index (χ0v) is 21.1. The molecular formula is C26H30N10O. The summed E-state index contributed by atoms with van der Waals surface area (Å²) < 4.78 is 3.88. The van der Waals surface area contributed by atoms with E-state index in [0.29, 0.717) is 24.4 Å². The van der Waals surface area contributed by atoms with E-state index in [1.165, 1.54) is 0 Å². The predicted octanol–water partition coefficient (Wildman–Crippen LogP) is 2.82. The van der Waals surface area contributed by atoms with Gasteiger partial charge in [0.25, 0.3) is 0 Å². The number of aromatic nitrogens is 8. The van der Waals surface area contributed by atoms with Gasteiger partial charge >= 0.3 is 0 Å². The van der Waals surface area contributed by atoms with Crippen molar-refractivity contribution in [2.75, 3.05) is 11.9 Å². The first kappa shape index (κ1) is 22.3. The molecule has 1 atom stereocenters. The van der Waals surface area contributed by atoms with E-state index >= 15 is 0 Å². The Morgan fingerprint density at radius 3 is 2.81 bits per heavy atom. The Kier molecular flexibility index (Phi) is 5.02. The number of fused-ring (bicyclic) bond motifs is 2. The molecule has 1 N–H and O–H groups in total. The lowest BCUT2D eigenvalue weighted by Crippen LogP contribution is -2.43. The summed E-state index contributed by atoms with van der Waals surface area (Å²) in [6.07, 6.45) is 6.83. The predicted molar refractivity (Wildman–Crippen MR) is 136 cm³/mol. The fraction of sp³-hybridized carbons (Fsp3) is 0.500. The van der Waals surface area contributed by atoms with Crippen molar-refractivity contribution < 1.29 is 4.79 Å². The monoisotopic (exact) mass is 498 g/mol. The van der Waals surface area contributed by atoms with Crippen LogP contribution >= 0.6 is 0 Å². The van der Waals surface area contributed by atoms with Crippen LogP contribution < -0.4 is 5.32 Å². The first-order valence-corrected chi connectivity index (χ1v) is 13.1. The SMILES string of the molecule is Cc1cccc2c1nnn2-c1ccnc(NC2CC23CCC(C(=O)N2CCn4c(C)nnc4C2)CC3)n1. The molecule has 1 amide bonds. The van der Waals surface area contributed by atoms with E-state index in [1.807, 2.05) is 43.0 Å². The summed E-state index contributed by atoms with van der Waals surface area (Å²) >= 11 is 0. The van der Waals surface area contributed by atoms with Crippen molar-refractivity contribution in [1.82, 2.24) is 44.6 Å². The van der Waals surface area contributed by atoms with E-state index in [2.05, 4.69) is 35.4 Å². The van der Waals surface area contributed by atoms with Gasteiger partial charge < -0.3 is 14.8 Å². The molecule has 0 saturated heterocycles. The fourth-order valence-electron chi connectivity index (χ4n) is 6.24. The summed E-state index contributed by atoms with van der Waals surface area (Å²) in [4.78, 5) is 24.4. The van der Waals surface area contributed by atoms with Crippen LogP contribution in [0.15, 0.2) is 30.5 Å². The molecular weight excluding hydrogens is 468 g/mol. The Bertz CT molecular complexity index is 1500. The highest BCUT2D eigenvalue weighted by Crippen LogP contribution is 2.58. The van der Waals surface area contributed by atoms with Crippen LogP contribution in [0.25, 0.3) is 16.9 Å². The molecule has 1 spiro atoms. The lowest BCUT2D eigenvalue weighted by Gasteiger charge is -2.34. The number of nitrogens with one attached hydrogen (secondary N) is 1. The first-order valence-electron chi connectivity index (χ1n) is 13.1. The smallest absolute Gasteiger partial charge is 0.226 e. The molecule has 190 valence electrons. The van der Waals surface area contributed by atoms with Gasteiger partial charge in [0.15, 0.2) is 11.6 Å². The summed E-state index contributed by atoms with van der Waals surface area (Å²) in [5.74, 6) is 3.51. The van der Waals surface area contributed by atoms with Crippen LogP contribution in [-0.2, 0) is 17.9 Å². The summed E-state index contributed by atoms with van der Waals surface area (Å²) in [6, 6.07) is 8.23. The van der Waals surface area contributed by atoms with Crippen molar-refractivity contribution in [2.45, 2.75) is 65.1 Å². The molecule has 1 unspecified atom stereocenters. The van der Waals surface area contributed by atoms with Crippen molar-refractivity contribution in [2.24, 2.45) is 11.3 Å². The van der Waals surface area contributed by atoms with Gasteiger partial charge in [-0.25, -0.2) is 4.98 Å². The third kappa shape index (κ3) is 3.75. The number of amides is 1. The largest absolute Gasteiger partial charge is 0.351 e. The van der Waals surface area contributed by atoms with Crippen LogP contribution in [0, 0.1) is 25.2 Å². The van der Waals surface area contributed by atoms with Crippen LogP contribution in [0.1, 0.15) is 49.3 Å².